The first-order valence-corrected chi connectivity index (χ1v) is 9.98. The van der Waals surface area contributed by atoms with Crippen molar-refractivity contribution in [1.82, 2.24) is 14.9 Å². The molecule has 0 spiro atoms. The number of rotatable bonds is 5. The molecule has 6 heteroatoms. The van der Waals surface area contributed by atoms with Crippen LogP contribution in [0.25, 0.3) is 5.69 Å². The van der Waals surface area contributed by atoms with Crippen molar-refractivity contribution in [3.8, 4) is 11.8 Å². The molecule has 1 fully saturated rings. The first-order chi connectivity index (χ1) is 12.5. The van der Waals surface area contributed by atoms with Crippen molar-refractivity contribution in [2.45, 2.75) is 56.6 Å². The summed E-state index contributed by atoms with van der Waals surface area (Å²) in [4.78, 5) is 16.8. The maximum absolute atomic E-state index is 12.4. The molecule has 1 heterocycles. The van der Waals surface area contributed by atoms with E-state index in [1.54, 1.807) is 6.20 Å². The molecule has 1 aromatic carbocycles. The van der Waals surface area contributed by atoms with E-state index >= 15 is 0 Å². The van der Waals surface area contributed by atoms with Crippen molar-refractivity contribution in [2.75, 3.05) is 5.75 Å². The van der Waals surface area contributed by atoms with Crippen molar-refractivity contribution in [1.29, 1.82) is 5.26 Å². The quantitative estimate of drug-likeness (QED) is 0.812. The van der Waals surface area contributed by atoms with E-state index in [1.165, 1.54) is 22.9 Å². The fourth-order valence-corrected chi connectivity index (χ4v) is 4.09. The molecular formula is C20H24N4OS. The third-order valence-electron chi connectivity index (χ3n) is 5.01. The van der Waals surface area contributed by atoms with Crippen molar-refractivity contribution in [3.63, 3.8) is 0 Å². The first-order valence-electron chi connectivity index (χ1n) is 8.99. The smallest absolute Gasteiger partial charge is 0.231 e. The maximum Gasteiger partial charge on any atom is 0.231 e. The molecule has 1 aliphatic carbocycles. The predicted octanol–water partition coefficient (Wildman–Crippen LogP) is 3.92. The van der Waals surface area contributed by atoms with Gasteiger partial charge >= 0.3 is 0 Å². The monoisotopic (exact) mass is 368 g/mol. The van der Waals surface area contributed by atoms with Crippen LogP contribution in [0.1, 0.15) is 43.2 Å². The van der Waals surface area contributed by atoms with Crippen LogP contribution in [0.3, 0.4) is 0 Å². The second kappa shape index (κ2) is 7.96. The second-order valence-corrected chi connectivity index (χ2v) is 7.88. The van der Waals surface area contributed by atoms with Gasteiger partial charge in [0.1, 0.15) is 5.54 Å². The number of hydrogen-bond donors (Lipinski definition) is 1. The molecule has 0 atom stereocenters. The number of hydrogen-bond acceptors (Lipinski definition) is 4. The Labute approximate surface area is 158 Å². The summed E-state index contributed by atoms with van der Waals surface area (Å²) >= 11 is 1.39. The van der Waals surface area contributed by atoms with Crippen LogP contribution in [0, 0.1) is 25.2 Å². The average Bonchev–Trinajstić information content (AvgIpc) is 3.11. The normalized spacial score (nSPS) is 16.0. The van der Waals surface area contributed by atoms with E-state index in [9.17, 15) is 10.1 Å². The third-order valence-corrected chi connectivity index (χ3v) is 5.97. The Balaban J connectivity index is 1.65. The third kappa shape index (κ3) is 4.10. The second-order valence-electron chi connectivity index (χ2n) is 6.94. The molecule has 1 aromatic heterocycles. The van der Waals surface area contributed by atoms with E-state index in [0.717, 1.165) is 42.9 Å². The lowest BCUT2D eigenvalue weighted by Crippen LogP contribution is -2.49. The molecular weight excluding hydrogens is 344 g/mol. The Kier molecular flexibility index (Phi) is 5.67. The van der Waals surface area contributed by atoms with Gasteiger partial charge in [0.2, 0.25) is 5.91 Å². The highest BCUT2D eigenvalue weighted by Crippen LogP contribution is 2.28. The summed E-state index contributed by atoms with van der Waals surface area (Å²) in [6.45, 7) is 4.17. The molecule has 5 nitrogen and oxygen atoms in total. The predicted molar refractivity (Wildman–Crippen MR) is 103 cm³/mol. The van der Waals surface area contributed by atoms with Crippen LogP contribution >= 0.6 is 11.8 Å². The number of carbonyl (C=O) groups is 1. The Morgan fingerprint density at radius 3 is 2.77 bits per heavy atom. The first kappa shape index (κ1) is 18.5. The number of nitrogens with zero attached hydrogens (tertiary/aromatic N) is 3. The number of amides is 1. The minimum Gasteiger partial charge on any atom is -0.337 e. The molecule has 136 valence electrons. The number of nitriles is 1. The van der Waals surface area contributed by atoms with Crippen LogP contribution < -0.4 is 5.32 Å². The minimum atomic E-state index is -0.681. The molecule has 0 unspecified atom stereocenters. The van der Waals surface area contributed by atoms with Crippen LogP contribution in [0.2, 0.25) is 0 Å². The summed E-state index contributed by atoms with van der Waals surface area (Å²) in [6.07, 6.45) is 8.28. The largest absolute Gasteiger partial charge is 0.337 e. The van der Waals surface area contributed by atoms with E-state index in [-0.39, 0.29) is 11.7 Å². The molecule has 1 amide bonds. The molecule has 0 saturated heterocycles. The molecule has 0 bridgehead atoms. The lowest BCUT2D eigenvalue weighted by molar-refractivity contribution is -0.120. The maximum atomic E-state index is 12.4. The highest BCUT2D eigenvalue weighted by atomic mass is 32.2. The lowest BCUT2D eigenvalue weighted by atomic mass is 9.83. The summed E-state index contributed by atoms with van der Waals surface area (Å²) in [5, 5.41) is 13.2. The van der Waals surface area contributed by atoms with E-state index in [2.05, 4.69) is 48.4 Å². The van der Waals surface area contributed by atoms with Gasteiger partial charge in [-0.25, -0.2) is 4.98 Å². The summed E-state index contributed by atoms with van der Waals surface area (Å²) in [6, 6.07) is 8.59. The van der Waals surface area contributed by atoms with Crippen molar-refractivity contribution < 1.29 is 4.79 Å². The number of carbonyl (C=O) groups excluding carboxylic acids is 1. The van der Waals surface area contributed by atoms with Gasteiger partial charge in [0.05, 0.1) is 11.8 Å². The highest BCUT2D eigenvalue weighted by Gasteiger charge is 2.33. The summed E-state index contributed by atoms with van der Waals surface area (Å²) in [5.41, 5.74) is 2.82. The fourth-order valence-electron chi connectivity index (χ4n) is 3.32. The summed E-state index contributed by atoms with van der Waals surface area (Å²) < 4.78 is 1.99. The van der Waals surface area contributed by atoms with E-state index in [0.29, 0.717) is 0 Å². The molecule has 1 saturated carbocycles. The van der Waals surface area contributed by atoms with Crippen LogP contribution in [0.5, 0.6) is 0 Å². The SMILES string of the molecule is Cc1ccc(-n2ccnc2SCC(=O)NC2(C#N)CCCCC2)cc1C. The number of benzene rings is 1. The molecule has 2 aromatic rings. The number of imidazole rings is 1. The van der Waals surface area contributed by atoms with Crippen LogP contribution in [-0.4, -0.2) is 26.8 Å². The zero-order chi connectivity index (χ0) is 18.6. The lowest BCUT2D eigenvalue weighted by Gasteiger charge is -2.31. The van der Waals surface area contributed by atoms with Crippen LogP contribution in [0.4, 0.5) is 0 Å². The molecule has 0 radical (unpaired) electrons. The zero-order valence-electron chi connectivity index (χ0n) is 15.3. The van der Waals surface area contributed by atoms with Crippen LogP contribution in [0.15, 0.2) is 35.7 Å². The van der Waals surface area contributed by atoms with E-state index < -0.39 is 5.54 Å². The van der Waals surface area contributed by atoms with Gasteiger partial charge in [-0.2, -0.15) is 5.26 Å². The van der Waals surface area contributed by atoms with Crippen molar-refractivity contribution in [3.05, 3.63) is 41.7 Å². The van der Waals surface area contributed by atoms with Gasteiger partial charge in [-0.3, -0.25) is 9.36 Å². The van der Waals surface area contributed by atoms with Crippen LogP contribution in [-0.2, 0) is 4.79 Å². The van der Waals surface area contributed by atoms with Gasteiger partial charge in [0.15, 0.2) is 5.16 Å². The molecule has 26 heavy (non-hydrogen) atoms. The zero-order valence-corrected chi connectivity index (χ0v) is 16.1. The number of nitrogens with one attached hydrogen (secondary N) is 1. The number of aromatic nitrogens is 2. The van der Waals surface area contributed by atoms with E-state index in [4.69, 9.17) is 0 Å². The van der Waals surface area contributed by atoms with E-state index in [1.807, 2.05) is 10.8 Å². The summed E-state index contributed by atoms with van der Waals surface area (Å²) in [5.74, 6) is 0.152. The Morgan fingerprint density at radius 1 is 1.31 bits per heavy atom. The standard InChI is InChI=1S/C20H24N4OS/c1-15-6-7-17(12-16(15)2)24-11-10-22-19(24)26-13-18(25)23-20(14-21)8-4-3-5-9-20/h6-7,10-12H,3-5,8-9,13H2,1-2H3,(H,23,25). The Hall–Kier alpha value is -2.26. The average molecular weight is 369 g/mol. The Morgan fingerprint density at radius 2 is 2.08 bits per heavy atom. The molecule has 3 rings (SSSR count). The van der Waals surface area contributed by atoms with Gasteiger partial charge < -0.3 is 5.32 Å². The molecule has 1 aliphatic rings. The topological polar surface area (TPSA) is 70.7 Å². The molecule has 0 aliphatic heterocycles. The van der Waals surface area contributed by atoms with Gasteiger partial charge in [-0.1, -0.05) is 37.1 Å². The van der Waals surface area contributed by atoms with Gasteiger partial charge in [-0.05, 0) is 49.9 Å². The fraction of sp³-hybridized carbons (Fsp3) is 0.450. The Bertz CT molecular complexity index is 831. The highest BCUT2D eigenvalue weighted by molar-refractivity contribution is 7.99. The van der Waals surface area contributed by atoms with Crippen molar-refractivity contribution >= 4 is 17.7 Å². The number of aryl methyl sites for hydroxylation is 2. The van der Waals surface area contributed by atoms with Gasteiger partial charge in [-0.15, -0.1) is 0 Å². The molecule has 1 N–H and O–H groups in total. The minimum absolute atomic E-state index is 0.104. The summed E-state index contributed by atoms with van der Waals surface area (Å²) in [7, 11) is 0. The number of thioether (sulfide) groups is 1. The van der Waals surface area contributed by atoms with Gasteiger partial charge in [0, 0.05) is 18.1 Å². The van der Waals surface area contributed by atoms with Gasteiger partial charge in [0.25, 0.3) is 0 Å². The van der Waals surface area contributed by atoms with Crippen molar-refractivity contribution in [2.24, 2.45) is 0 Å².